The number of nitrogens with one attached hydrogen (secondary N) is 1. The van der Waals surface area contributed by atoms with E-state index in [9.17, 15) is 0 Å². The highest BCUT2D eigenvalue weighted by atomic mass is 32.1. The maximum Gasteiger partial charge on any atom is 0.237 e. The number of methoxy groups -OCH3 is 1. The van der Waals surface area contributed by atoms with Crippen molar-refractivity contribution in [3.05, 3.63) is 17.3 Å². The molecule has 0 aromatic carbocycles. The minimum Gasteiger partial charge on any atom is -0.480 e. The van der Waals surface area contributed by atoms with Crippen molar-refractivity contribution in [2.45, 2.75) is 26.8 Å². The van der Waals surface area contributed by atoms with Crippen LogP contribution in [0.4, 0.5) is 0 Å². The zero-order valence-electron chi connectivity index (χ0n) is 10.6. The molecule has 1 atom stereocenters. The monoisotopic (exact) mass is 253 g/mol. The first-order valence-electron chi connectivity index (χ1n) is 5.95. The summed E-state index contributed by atoms with van der Waals surface area (Å²) in [5.41, 5.74) is 1.10. The third kappa shape index (κ3) is 2.61. The molecule has 2 aromatic rings. The number of thiazole rings is 1. The molecule has 4 nitrogen and oxygen atoms in total. The highest BCUT2D eigenvalue weighted by Crippen LogP contribution is 2.22. The molecule has 1 N–H and O–H groups in total. The predicted molar refractivity (Wildman–Crippen MR) is 70.8 cm³/mol. The van der Waals surface area contributed by atoms with Gasteiger partial charge < -0.3 is 10.1 Å². The van der Waals surface area contributed by atoms with Crippen LogP contribution in [0.1, 0.15) is 26.0 Å². The van der Waals surface area contributed by atoms with Gasteiger partial charge in [0, 0.05) is 18.1 Å². The van der Waals surface area contributed by atoms with Gasteiger partial charge in [-0.3, -0.25) is 4.40 Å². The van der Waals surface area contributed by atoms with Gasteiger partial charge in [0.1, 0.15) is 5.69 Å². The van der Waals surface area contributed by atoms with Crippen LogP contribution in [-0.4, -0.2) is 23.0 Å². The number of nitrogens with zero attached hydrogens (tertiary/aromatic N) is 2. The van der Waals surface area contributed by atoms with Crippen molar-refractivity contribution in [3.8, 4) is 5.88 Å². The Labute approximate surface area is 106 Å². The van der Waals surface area contributed by atoms with E-state index in [1.165, 1.54) is 6.42 Å². The number of ether oxygens (including phenoxy) is 1. The summed E-state index contributed by atoms with van der Waals surface area (Å²) < 4.78 is 7.40. The SMILES string of the molecule is CCC(C)CNCc1c(OC)nc2sccn12. The Hall–Kier alpha value is -1.07. The fraction of sp³-hybridized carbons (Fsp3) is 0.583. The molecule has 0 aliphatic rings. The quantitative estimate of drug-likeness (QED) is 0.860. The molecule has 0 fully saturated rings. The van der Waals surface area contributed by atoms with Crippen molar-refractivity contribution in [1.29, 1.82) is 0 Å². The predicted octanol–water partition coefficient (Wildman–Crippen LogP) is 2.54. The second-order valence-electron chi connectivity index (χ2n) is 4.27. The van der Waals surface area contributed by atoms with Gasteiger partial charge in [-0.05, 0) is 12.5 Å². The Kier molecular flexibility index (Phi) is 4.02. The zero-order valence-corrected chi connectivity index (χ0v) is 11.4. The number of rotatable bonds is 6. The third-order valence-electron chi connectivity index (χ3n) is 3.00. The number of hydrogen-bond acceptors (Lipinski definition) is 4. The molecule has 0 bridgehead atoms. The van der Waals surface area contributed by atoms with Crippen LogP contribution < -0.4 is 10.1 Å². The van der Waals surface area contributed by atoms with Crippen molar-refractivity contribution in [2.75, 3.05) is 13.7 Å². The fourth-order valence-electron chi connectivity index (χ4n) is 1.72. The molecule has 2 aromatic heterocycles. The number of imidazole rings is 1. The van der Waals surface area contributed by atoms with Gasteiger partial charge in [-0.1, -0.05) is 20.3 Å². The van der Waals surface area contributed by atoms with E-state index >= 15 is 0 Å². The lowest BCUT2D eigenvalue weighted by Crippen LogP contribution is -2.21. The molecule has 0 amide bonds. The van der Waals surface area contributed by atoms with Gasteiger partial charge >= 0.3 is 0 Å². The van der Waals surface area contributed by atoms with Crippen LogP contribution in [0.25, 0.3) is 4.96 Å². The van der Waals surface area contributed by atoms with Crippen molar-refractivity contribution in [1.82, 2.24) is 14.7 Å². The highest BCUT2D eigenvalue weighted by Gasteiger charge is 2.13. The summed E-state index contributed by atoms with van der Waals surface area (Å²) >= 11 is 1.63. The molecule has 0 aliphatic heterocycles. The first-order chi connectivity index (χ1) is 8.26. The summed E-state index contributed by atoms with van der Waals surface area (Å²) in [5.74, 6) is 1.43. The molecule has 5 heteroatoms. The van der Waals surface area contributed by atoms with E-state index in [0.29, 0.717) is 5.92 Å². The molecule has 2 heterocycles. The molecule has 0 saturated heterocycles. The van der Waals surface area contributed by atoms with Crippen LogP contribution >= 0.6 is 11.3 Å². The molecule has 94 valence electrons. The van der Waals surface area contributed by atoms with Gasteiger partial charge in [0.05, 0.1) is 7.11 Å². The van der Waals surface area contributed by atoms with Crippen molar-refractivity contribution < 1.29 is 4.74 Å². The van der Waals surface area contributed by atoms with Crippen molar-refractivity contribution >= 4 is 16.3 Å². The summed E-state index contributed by atoms with van der Waals surface area (Å²) in [6.07, 6.45) is 3.24. The summed E-state index contributed by atoms with van der Waals surface area (Å²) in [6, 6.07) is 0. The average Bonchev–Trinajstić information content (AvgIpc) is 2.90. The van der Waals surface area contributed by atoms with E-state index in [-0.39, 0.29) is 0 Å². The summed E-state index contributed by atoms with van der Waals surface area (Å²) in [7, 11) is 1.67. The molecule has 2 rings (SSSR count). The van der Waals surface area contributed by atoms with Crippen LogP contribution in [0.15, 0.2) is 11.6 Å². The number of aromatic nitrogens is 2. The van der Waals surface area contributed by atoms with E-state index in [2.05, 4.69) is 28.5 Å². The second kappa shape index (κ2) is 5.51. The molecule has 17 heavy (non-hydrogen) atoms. The summed E-state index contributed by atoms with van der Waals surface area (Å²) in [6.45, 7) is 6.28. The largest absolute Gasteiger partial charge is 0.480 e. The van der Waals surface area contributed by atoms with Gasteiger partial charge in [0.25, 0.3) is 0 Å². The smallest absolute Gasteiger partial charge is 0.237 e. The van der Waals surface area contributed by atoms with E-state index in [4.69, 9.17) is 4.74 Å². The van der Waals surface area contributed by atoms with E-state index in [1.54, 1.807) is 18.4 Å². The molecule has 1 unspecified atom stereocenters. The molecule has 0 radical (unpaired) electrons. The van der Waals surface area contributed by atoms with Crippen LogP contribution in [0, 0.1) is 5.92 Å². The second-order valence-corrected chi connectivity index (χ2v) is 5.14. The van der Waals surface area contributed by atoms with Crippen molar-refractivity contribution in [3.63, 3.8) is 0 Å². The van der Waals surface area contributed by atoms with Gasteiger partial charge in [0.15, 0.2) is 4.96 Å². The Morgan fingerprint density at radius 2 is 2.41 bits per heavy atom. The van der Waals surface area contributed by atoms with Crippen LogP contribution in [0.5, 0.6) is 5.88 Å². The lowest BCUT2D eigenvalue weighted by molar-refractivity contribution is 0.391. The molecular weight excluding hydrogens is 234 g/mol. The summed E-state index contributed by atoms with van der Waals surface area (Å²) in [4.78, 5) is 5.42. The lowest BCUT2D eigenvalue weighted by Gasteiger charge is -2.10. The maximum atomic E-state index is 5.31. The van der Waals surface area contributed by atoms with Crippen LogP contribution in [-0.2, 0) is 6.54 Å². The Balaban J connectivity index is 2.08. The zero-order chi connectivity index (χ0) is 12.3. The fourth-order valence-corrected chi connectivity index (χ4v) is 2.44. The summed E-state index contributed by atoms with van der Waals surface area (Å²) in [5, 5.41) is 5.50. The molecule has 0 aliphatic carbocycles. The van der Waals surface area contributed by atoms with Gasteiger partial charge in [-0.15, -0.1) is 11.3 Å². The average molecular weight is 253 g/mol. The lowest BCUT2D eigenvalue weighted by atomic mass is 10.1. The van der Waals surface area contributed by atoms with Crippen LogP contribution in [0.2, 0.25) is 0 Å². The number of fused-ring (bicyclic) bond motifs is 1. The van der Waals surface area contributed by atoms with E-state index in [0.717, 1.165) is 29.6 Å². The molecule has 0 saturated carbocycles. The van der Waals surface area contributed by atoms with Crippen molar-refractivity contribution in [2.24, 2.45) is 5.92 Å². The normalized spacial score (nSPS) is 13.1. The first kappa shape index (κ1) is 12.4. The van der Waals surface area contributed by atoms with Gasteiger partial charge in [0.2, 0.25) is 5.88 Å². The first-order valence-corrected chi connectivity index (χ1v) is 6.83. The molecule has 0 spiro atoms. The highest BCUT2D eigenvalue weighted by molar-refractivity contribution is 7.15. The minimum absolute atomic E-state index is 0.701. The Morgan fingerprint density at radius 1 is 1.59 bits per heavy atom. The van der Waals surface area contributed by atoms with Gasteiger partial charge in [-0.2, -0.15) is 4.98 Å². The van der Waals surface area contributed by atoms with Crippen LogP contribution in [0.3, 0.4) is 0 Å². The van der Waals surface area contributed by atoms with E-state index < -0.39 is 0 Å². The maximum absolute atomic E-state index is 5.31. The Bertz CT molecular complexity index is 477. The molecular formula is C12H19N3OS. The topological polar surface area (TPSA) is 38.6 Å². The minimum atomic E-state index is 0.701. The number of hydrogen-bond donors (Lipinski definition) is 1. The standard InChI is InChI=1S/C12H19N3OS/c1-4-9(2)7-13-8-10-11(16-3)14-12-15(10)5-6-17-12/h5-6,9,13H,4,7-8H2,1-3H3. The van der Waals surface area contributed by atoms with E-state index in [1.807, 2.05) is 11.6 Å². The van der Waals surface area contributed by atoms with Gasteiger partial charge in [-0.25, -0.2) is 0 Å². The third-order valence-corrected chi connectivity index (χ3v) is 3.76. The Morgan fingerprint density at radius 3 is 3.12 bits per heavy atom.